The highest BCUT2D eigenvalue weighted by Crippen LogP contribution is 2.27. The molecule has 2 N–H and O–H groups in total. The number of amides is 1. The maximum Gasteiger partial charge on any atom is 0.225 e. The summed E-state index contributed by atoms with van der Waals surface area (Å²) in [7, 11) is 1.89. The zero-order valence-corrected chi connectivity index (χ0v) is 11.7. The lowest BCUT2D eigenvalue weighted by atomic mass is 9.85. The van der Waals surface area contributed by atoms with Gasteiger partial charge in [-0.2, -0.15) is 0 Å². The minimum absolute atomic E-state index is 0.0890. The van der Waals surface area contributed by atoms with E-state index < -0.39 is 0 Å². The predicted molar refractivity (Wildman–Crippen MR) is 75.4 cm³/mol. The summed E-state index contributed by atoms with van der Waals surface area (Å²) in [6.45, 7) is 2.06. The topological polar surface area (TPSA) is 59.2 Å². The third-order valence-electron chi connectivity index (χ3n) is 4.24. The van der Waals surface area contributed by atoms with Crippen LogP contribution in [0.1, 0.15) is 44.2 Å². The number of carbonyl (C=O) groups is 1. The van der Waals surface area contributed by atoms with Crippen LogP contribution in [0.4, 0.5) is 0 Å². The number of nitrogens with zero attached hydrogens (tertiary/aromatic N) is 2. The Bertz CT molecular complexity index is 413. The molecule has 1 aromatic heterocycles. The zero-order chi connectivity index (χ0) is 13.8. The normalized spacial score (nSPS) is 24.8. The van der Waals surface area contributed by atoms with Gasteiger partial charge in [0.05, 0.1) is 6.04 Å². The van der Waals surface area contributed by atoms with Gasteiger partial charge in [-0.3, -0.25) is 9.78 Å². The minimum atomic E-state index is 0.0890. The lowest BCUT2D eigenvalue weighted by Gasteiger charge is -2.32. The van der Waals surface area contributed by atoms with E-state index in [0.29, 0.717) is 0 Å². The van der Waals surface area contributed by atoms with Crippen LogP contribution in [0, 0.1) is 5.92 Å². The van der Waals surface area contributed by atoms with Crippen LogP contribution >= 0.6 is 0 Å². The van der Waals surface area contributed by atoms with Crippen molar-refractivity contribution < 1.29 is 4.79 Å². The molecule has 1 heterocycles. The number of pyridine rings is 1. The molecule has 0 radical (unpaired) electrons. The first kappa shape index (κ1) is 14.0. The maximum absolute atomic E-state index is 12.5. The van der Waals surface area contributed by atoms with Gasteiger partial charge in [0.2, 0.25) is 5.91 Å². The van der Waals surface area contributed by atoms with E-state index >= 15 is 0 Å². The fraction of sp³-hybridized carbons (Fsp3) is 0.600. The molecule has 1 amide bonds. The van der Waals surface area contributed by atoms with Gasteiger partial charge in [-0.15, -0.1) is 0 Å². The van der Waals surface area contributed by atoms with Crippen molar-refractivity contribution >= 4 is 5.91 Å². The summed E-state index contributed by atoms with van der Waals surface area (Å²) >= 11 is 0. The van der Waals surface area contributed by atoms with Crippen molar-refractivity contribution in [2.75, 3.05) is 7.05 Å². The lowest BCUT2D eigenvalue weighted by Crippen LogP contribution is -2.38. The van der Waals surface area contributed by atoms with Crippen molar-refractivity contribution in [3.63, 3.8) is 0 Å². The second kappa shape index (κ2) is 6.15. The number of hydrogen-bond donors (Lipinski definition) is 1. The molecule has 104 valence electrons. The molecule has 0 spiro atoms. The first-order chi connectivity index (χ1) is 9.09. The lowest BCUT2D eigenvalue weighted by molar-refractivity contribution is -0.137. The van der Waals surface area contributed by atoms with E-state index in [0.717, 1.165) is 31.2 Å². The van der Waals surface area contributed by atoms with Crippen molar-refractivity contribution in [2.45, 2.75) is 44.7 Å². The first-order valence-electron chi connectivity index (χ1n) is 7.01. The average molecular weight is 261 g/mol. The fourth-order valence-corrected chi connectivity index (χ4v) is 2.71. The molecule has 0 aliphatic heterocycles. The highest BCUT2D eigenvalue weighted by Gasteiger charge is 2.28. The maximum atomic E-state index is 12.5. The van der Waals surface area contributed by atoms with Gasteiger partial charge in [-0.05, 0) is 50.3 Å². The standard InChI is InChI=1S/C15H23N3O/c1-11(12-7-9-17-10-8-12)18(2)15(19)13-3-5-14(16)6-4-13/h7-11,13-14H,3-6,16H2,1-2H3. The average Bonchev–Trinajstić information content (AvgIpc) is 2.46. The number of rotatable bonds is 3. The van der Waals surface area contributed by atoms with Crippen molar-refractivity contribution in [3.05, 3.63) is 30.1 Å². The Kier molecular flexibility index (Phi) is 4.53. The van der Waals surface area contributed by atoms with Crippen LogP contribution in [0.25, 0.3) is 0 Å². The fourth-order valence-electron chi connectivity index (χ4n) is 2.71. The van der Waals surface area contributed by atoms with Gasteiger partial charge in [0.15, 0.2) is 0 Å². The monoisotopic (exact) mass is 261 g/mol. The summed E-state index contributed by atoms with van der Waals surface area (Å²) in [4.78, 5) is 18.4. The van der Waals surface area contributed by atoms with Gasteiger partial charge < -0.3 is 10.6 Å². The summed E-state index contributed by atoms with van der Waals surface area (Å²) in [6.07, 6.45) is 7.32. The molecule has 1 fully saturated rings. The Labute approximate surface area is 115 Å². The van der Waals surface area contributed by atoms with Crippen molar-refractivity contribution in [3.8, 4) is 0 Å². The highest BCUT2D eigenvalue weighted by atomic mass is 16.2. The van der Waals surface area contributed by atoms with E-state index in [2.05, 4.69) is 11.9 Å². The summed E-state index contributed by atoms with van der Waals surface area (Å²) in [5.41, 5.74) is 7.02. The molecule has 19 heavy (non-hydrogen) atoms. The molecule has 1 atom stereocenters. The van der Waals surface area contributed by atoms with Crippen LogP contribution < -0.4 is 5.73 Å². The molecule has 0 bridgehead atoms. The zero-order valence-electron chi connectivity index (χ0n) is 11.7. The Hall–Kier alpha value is -1.42. The SMILES string of the molecule is CC(c1ccncc1)N(C)C(=O)C1CCC(N)CC1. The second-order valence-electron chi connectivity index (χ2n) is 5.52. The Balaban J connectivity index is 1.99. The molecule has 2 rings (SSSR count). The predicted octanol–water partition coefficient (Wildman–Crippen LogP) is 2.12. The van der Waals surface area contributed by atoms with Crippen molar-refractivity contribution in [1.29, 1.82) is 0 Å². The van der Waals surface area contributed by atoms with E-state index in [1.54, 1.807) is 12.4 Å². The minimum Gasteiger partial charge on any atom is -0.339 e. The van der Waals surface area contributed by atoms with Gasteiger partial charge in [-0.25, -0.2) is 0 Å². The first-order valence-corrected chi connectivity index (χ1v) is 7.01. The molecule has 0 aromatic carbocycles. The molecular formula is C15H23N3O. The summed E-state index contributed by atoms with van der Waals surface area (Å²) in [5.74, 6) is 0.394. The van der Waals surface area contributed by atoms with E-state index in [-0.39, 0.29) is 23.9 Å². The van der Waals surface area contributed by atoms with Crippen LogP contribution in [-0.4, -0.2) is 28.9 Å². The number of nitrogens with two attached hydrogens (primary N) is 1. The molecule has 4 nitrogen and oxygen atoms in total. The third-order valence-corrected chi connectivity index (χ3v) is 4.24. The molecule has 4 heteroatoms. The molecule has 1 unspecified atom stereocenters. The Morgan fingerprint density at radius 2 is 1.89 bits per heavy atom. The van der Waals surface area contributed by atoms with Crippen molar-refractivity contribution in [1.82, 2.24) is 9.88 Å². The Morgan fingerprint density at radius 1 is 1.32 bits per heavy atom. The largest absolute Gasteiger partial charge is 0.339 e. The van der Waals surface area contributed by atoms with E-state index in [4.69, 9.17) is 5.73 Å². The van der Waals surface area contributed by atoms with E-state index in [1.807, 2.05) is 24.1 Å². The van der Waals surface area contributed by atoms with Gasteiger partial charge in [0, 0.05) is 31.4 Å². The molecule has 1 aliphatic carbocycles. The van der Waals surface area contributed by atoms with Gasteiger partial charge in [0.25, 0.3) is 0 Å². The number of aromatic nitrogens is 1. The van der Waals surface area contributed by atoms with Gasteiger partial charge in [-0.1, -0.05) is 0 Å². The van der Waals surface area contributed by atoms with Crippen molar-refractivity contribution in [2.24, 2.45) is 11.7 Å². The number of carbonyl (C=O) groups excluding carboxylic acids is 1. The van der Waals surface area contributed by atoms with Crippen LogP contribution in [0.5, 0.6) is 0 Å². The molecule has 0 saturated heterocycles. The summed E-state index contributed by atoms with van der Waals surface area (Å²) < 4.78 is 0. The van der Waals surface area contributed by atoms with E-state index in [9.17, 15) is 4.79 Å². The highest BCUT2D eigenvalue weighted by molar-refractivity contribution is 5.79. The van der Waals surface area contributed by atoms with Gasteiger partial charge >= 0.3 is 0 Å². The summed E-state index contributed by atoms with van der Waals surface area (Å²) in [6, 6.07) is 4.30. The smallest absolute Gasteiger partial charge is 0.225 e. The van der Waals surface area contributed by atoms with Crippen LogP contribution in [0.2, 0.25) is 0 Å². The van der Waals surface area contributed by atoms with Crippen LogP contribution in [0.3, 0.4) is 0 Å². The quantitative estimate of drug-likeness (QED) is 0.906. The number of hydrogen-bond acceptors (Lipinski definition) is 3. The van der Waals surface area contributed by atoms with Crippen LogP contribution in [0.15, 0.2) is 24.5 Å². The molecule has 1 aromatic rings. The molecular weight excluding hydrogens is 238 g/mol. The Morgan fingerprint density at radius 3 is 2.47 bits per heavy atom. The third kappa shape index (κ3) is 3.32. The van der Waals surface area contributed by atoms with E-state index in [1.165, 1.54) is 0 Å². The second-order valence-corrected chi connectivity index (χ2v) is 5.52. The molecule has 1 saturated carbocycles. The van der Waals surface area contributed by atoms with Crippen LogP contribution in [-0.2, 0) is 4.79 Å². The van der Waals surface area contributed by atoms with Gasteiger partial charge in [0.1, 0.15) is 0 Å². The summed E-state index contributed by atoms with van der Waals surface area (Å²) in [5, 5.41) is 0. The molecule has 1 aliphatic rings.